The van der Waals surface area contributed by atoms with E-state index in [4.69, 9.17) is 0 Å². The topological polar surface area (TPSA) is 50.2 Å². The molecule has 18 heavy (non-hydrogen) atoms. The highest BCUT2D eigenvalue weighted by molar-refractivity contribution is 5.96. The zero-order valence-electron chi connectivity index (χ0n) is 11.9. The maximum Gasteiger partial charge on any atom is 0.226 e. The largest absolute Gasteiger partial charge is 0.350 e. The molecule has 0 unspecified atom stereocenters. The lowest BCUT2D eigenvalue weighted by Gasteiger charge is -2.36. The minimum absolute atomic E-state index is 0.0273. The second kappa shape index (κ2) is 4.30. The Kier molecular flexibility index (Phi) is 3.09. The molecule has 2 heterocycles. The smallest absolute Gasteiger partial charge is 0.226 e. The number of carbonyl (C=O) groups is 1. The zero-order valence-corrected chi connectivity index (χ0v) is 11.9. The number of hydrogen-bond acceptors (Lipinski definition) is 3. The van der Waals surface area contributed by atoms with Gasteiger partial charge in [0.15, 0.2) is 5.82 Å². The van der Waals surface area contributed by atoms with Gasteiger partial charge in [0.2, 0.25) is 5.91 Å². The van der Waals surface area contributed by atoms with Gasteiger partial charge in [-0.25, -0.2) is 4.68 Å². The summed E-state index contributed by atoms with van der Waals surface area (Å²) in [6, 6.07) is 0. The van der Waals surface area contributed by atoms with Crippen molar-refractivity contribution in [3.05, 3.63) is 5.69 Å². The molecule has 0 saturated carbocycles. The predicted octanol–water partition coefficient (Wildman–Crippen LogP) is 2.16. The van der Waals surface area contributed by atoms with E-state index in [9.17, 15) is 4.79 Å². The summed E-state index contributed by atoms with van der Waals surface area (Å²) >= 11 is 0. The molecular formula is C13H22N4O. The summed E-state index contributed by atoms with van der Waals surface area (Å²) in [5.74, 6) is 1.11. The number of hydrogen-bond donors (Lipinski definition) is 1. The third-order valence-corrected chi connectivity index (χ3v) is 3.29. The first-order chi connectivity index (χ1) is 8.34. The molecule has 1 aromatic heterocycles. The number of carbonyl (C=O) groups excluding carboxylic acids is 1. The van der Waals surface area contributed by atoms with Crippen molar-refractivity contribution in [2.45, 2.75) is 53.1 Å². The average Bonchev–Trinajstić information content (AvgIpc) is 2.46. The second-order valence-electron chi connectivity index (χ2n) is 5.72. The first-order valence-electron chi connectivity index (χ1n) is 6.49. The third kappa shape index (κ3) is 2.09. The lowest BCUT2D eigenvalue weighted by molar-refractivity contribution is -0.116. The molecule has 5 heteroatoms. The number of amides is 1. The van der Waals surface area contributed by atoms with Gasteiger partial charge in [-0.15, -0.1) is 0 Å². The summed E-state index contributed by atoms with van der Waals surface area (Å²) in [5, 5.41) is 7.49. The van der Waals surface area contributed by atoms with Crippen LogP contribution in [0.25, 0.3) is 0 Å². The normalized spacial score (nSPS) is 16.3. The zero-order chi connectivity index (χ0) is 13.5. The number of nitrogens with one attached hydrogen (secondary N) is 1. The van der Waals surface area contributed by atoms with Crippen LogP contribution in [0, 0.1) is 6.92 Å². The van der Waals surface area contributed by atoms with Gasteiger partial charge in [0, 0.05) is 25.0 Å². The van der Waals surface area contributed by atoms with Crippen LogP contribution in [0.1, 0.15) is 39.8 Å². The molecule has 0 saturated heterocycles. The van der Waals surface area contributed by atoms with Crippen LogP contribution in [0.3, 0.4) is 0 Å². The van der Waals surface area contributed by atoms with E-state index in [1.807, 2.05) is 11.6 Å². The number of aryl methyl sites for hydroxylation is 2. The van der Waals surface area contributed by atoms with Gasteiger partial charge in [-0.2, -0.15) is 5.10 Å². The van der Waals surface area contributed by atoms with Gasteiger partial charge in [-0.05, 0) is 34.6 Å². The Morgan fingerprint density at radius 1 is 1.39 bits per heavy atom. The molecule has 100 valence electrons. The van der Waals surface area contributed by atoms with Gasteiger partial charge >= 0.3 is 0 Å². The van der Waals surface area contributed by atoms with E-state index >= 15 is 0 Å². The van der Waals surface area contributed by atoms with E-state index in [0.717, 1.165) is 30.3 Å². The van der Waals surface area contributed by atoms with Crippen LogP contribution >= 0.6 is 0 Å². The predicted molar refractivity (Wildman–Crippen MR) is 73.0 cm³/mol. The third-order valence-electron chi connectivity index (χ3n) is 3.29. The molecule has 0 spiro atoms. The quantitative estimate of drug-likeness (QED) is 0.831. The molecule has 2 rings (SSSR count). The first kappa shape index (κ1) is 12.9. The molecule has 0 aromatic carbocycles. The number of rotatable bonds is 1. The molecule has 1 aliphatic rings. The molecule has 1 aromatic rings. The molecule has 0 aliphatic carbocycles. The Morgan fingerprint density at radius 2 is 2.06 bits per heavy atom. The highest BCUT2D eigenvalue weighted by Crippen LogP contribution is 2.35. The highest BCUT2D eigenvalue weighted by Gasteiger charge is 2.32. The van der Waals surface area contributed by atoms with Crippen molar-refractivity contribution >= 4 is 17.4 Å². The van der Waals surface area contributed by atoms with Crippen LogP contribution in [-0.4, -0.2) is 27.8 Å². The number of fused-ring (bicyclic) bond motifs is 1. The van der Waals surface area contributed by atoms with Crippen molar-refractivity contribution < 1.29 is 4.79 Å². The Balaban J connectivity index is 2.59. The summed E-state index contributed by atoms with van der Waals surface area (Å²) in [6.45, 7) is 12.0. The van der Waals surface area contributed by atoms with E-state index in [-0.39, 0.29) is 11.4 Å². The maximum atomic E-state index is 11.8. The minimum atomic E-state index is -0.0273. The molecule has 1 amide bonds. The van der Waals surface area contributed by atoms with E-state index in [1.165, 1.54) is 0 Å². The fourth-order valence-corrected chi connectivity index (χ4v) is 2.38. The highest BCUT2D eigenvalue weighted by atomic mass is 16.1. The second-order valence-corrected chi connectivity index (χ2v) is 5.72. The van der Waals surface area contributed by atoms with Crippen molar-refractivity contribution in [1.82, 2.24) is 9.78 Å². The van der Waals surface area contributed by atoms with E-state index in [1.54, 1.807) is 0 Å². The standard InChI is InChI=1S/C13H22N4O/c1-6-17-12-11(9(2)15-17)14-10(18)7-8-16(12)13(3,4)5/h6-8H2,1-5H3,(H,14,18). The fourth-order valence-electron chi connectivity index (χ4n) is 2.38. The van der Waals surface area contributed by atoms with Crippen LogP contribution in [0.2, 0.25) is 0 Å². The molecule has 0 radical (unpaired) electrons. The van der Waals surface area contributed by atoms with Gasteiger partial charge in [0.1, 0.15) is 5.69 Å². The van der Waals surface area contributed by atoms with Crippen molar-refractivity contribution in [3.63, 3.8) is 0 Å². The first-order valence-corrected chi connectivity index (χ1v) is 6.49. The Bertz CT molecular complexity index is 470. The number of aromatic nitrogens is 2. The lowest BCUT2D eigenvalue weighted by atomic mass is 10.1. The molecule has 0 atom stereocenters. The van der Waals surface area contributed by atoms with Crippen molar-refractivity contribution in [2.24, 2.45) is 0 Å². The Morgan fingerprint density at radius 3 is 2.61 bits per heavy atom. The molecule has 0 fully saturated rings. The summed E-state index contributed by atoms with van der Waals surface area (Å²) in [5.41, 5.74) is 1.73. The van der Waals surface area contributed by atoms with Gasteiger partial charge < -0.3 is 10.2 Å². The van der Waals surface area contributed by atoms with Crippen molar-refractivity contribution in [2.75, 3.05) is 16.8 Å². The van der Waals surface area contributed by atoms with Gasteiger partial charge in [-0.1, -0.05) is 0 Å². The van der Waals surface area contributed by atoms with Crippen molar-refractivity contribution in [3.8, 4) is 0 Å². The van der Waals surface area contributed by atoms with Gasteiger partial charge in [0.25, 0.3) is 0 Å². The lowest BCUT2D eigenvalue weighted by Crippen LogP contribution is -2.43. The van der Waals surface area contributed by atoms with Crippen LogP contribution in [0.15, 0.2) is 0 Å². The van der Waals surface area contributed by atoms with E-state index in [2.05, 4.69) is 43.0 Å². The Hall–Kier alpha value is -1.52. The van der Waals surface area contributed by atoms with Crippen LogP contribution in [0.4, 0.5) is 11.5 Å². The van der Waals surface area contributed by atoms with E-state index < -0.39 is 0 Å². The summed E-state index contributed by atoms with van der Waals surface area (Å²) in [7, 11) is 0. The van der Waals surface area contributed by atoms with Crippen LogP contribution < -0.4 is 10.2 Å². The van der Waals surface area contributed by atoms with Gasteiger partial charge in [0.05, 0.1) is 5.69 Å². The fraction of sp³-hybridized carbons (Fsp3) is 0.692. The number of anilines is 2. The molecule has 5 nitrogen and oxygen atoms in total. The van der Waals surface area contributed by atoms with Gasteiger partial charge in [-0.3, -0.25) is 4.79 Å². The molecule has 1 N–H and O–H groups in total. The maximum absolute atomic E-state index is 11.8. The Labute approximate surface area is 108 Å². The number of nitrogens with zero attached hydrogens (tertiary/aromatic N) is 3. The van der Waals surface area contributed by atoms with Crippen molar-refractivity contribution in [1.29, 1.82) is 0 Å². The van der Waals surface area contributed by atoms with Crippen LogP contribution in [0.5, 0.6) is 0 Å². The molecule has 0 bridgehead atoms. The summed E-state index contributed by atoms with van der Waals surface area (Å²) in [4.78, 5) is 14.1. The SMILES string of the molecule is CCn1nc(C)c2c1N(C(C)(C)C)CCC(=O)N2. The summed E-state index contributed by atoms with van der Waals surface area (Å²) in [6.07, 6.45) is 0.523. The van der Waals surface area contributed by atoms with Crippen LogP contribution in [-0.2, 0) is 11.3 Å². The average molecular weight is 250 g/mol. The summed E-state index contributed by atoms with van der Waals surface area (Å²) < 4.78 is 1.97. The molecule has 1 aliphatic heterocycles. The minimum Gasteiger partial charge on any atom is -0.350 e. The monoisotopic (exact) mass is 250 g/mol. The molecular weight excluding hydrogens is 228 g/mol. The van der Waals surface area contributed by atoms with E-state index in [0.29, 0.717) is 6.42 Å².